The lowest BCUT2D eigenvalue weighted by Gasteiger charge is -2.12. The number of aromatic nitrogens is 3. The Morgan fingerprint density at radius 2 is 1.85 bits per heavy atom. The SMILES string of the molecule is COc1ccc(C(=O)NCc2nnc(SCc3cccc(C)c3)n2-c2ccccc2Cl)cc1. The lowest BCUT2D eigenvalue weighted by Crippen LogP contribution is -2.24. The molecule has 1 heterocycles. The smallest absolute Gasteiger partial charge is 0.251 e. The Balaban J connectivity index is 1.56. The molecular weight excluding hydrogens is 456 g/mol. The first-order chi connectivity index (χ1) is 16.0. The third kappa shape index (κ3) is 5.56. The number of carbonyl (C=O) groups is 1. The van der Waals surface area contributed by atoms with Crippen molar-refractivity contribution in [2.75, 3.05) is 7.11 Å². The first-order valence-corrected chi connectivity index (χ1v) is 11.7. The molecule has 0 aliphatic carbocycles. The summed E-state index contributed by atoms with van der Waals surface area (Å²) in [4.78, 5) is 12.6. The van der Waals surface area contributed by atoms with Crippen molar-refractivity contribution >= 4 is 29.3 Å². The van der Waals surface area contributed by atoms with E-state index in [0.717, 1.165) is 11.4 Å². The van der Waals surface area contributed by atoms with Gasteiger partial charge in [0.1, 0.15) is 5.75 Å². The van der Waals surface area contributed by atoms with Crippen molar-refractivity contribution < 1.29 is 9.53 Å². The maximum absolute atomic E-state index is 12.6. The fraction of sp³-hybridized carbons (Fsp3) is 0.160. The number of nitrogens with zero attached hydrogens (tertiary/aromatic N) is 3. The summed E-state index contributed by atoms with van der Waals surface area (Å²) < 4.78 is 7.05. The number of benzene rings is 3. The van der Waals surface area contributed by atoms with Crippen LogP contribution in [0.2, 0.25) is 5.02 Å². The van der Waals surface area contributed by atoms with Gasteiger partial charge in [0, 0.05) is 11.3 Å². The molecule has 4 rings (SSSR count). The van der Waals surface area contributed by atoms with Crippen LogP contribution in [0, 0.1) is 6.92 Å². The number of aryl methyl sites for hydroxylation is 1. The van der Waals surface area contributed by atoms with E-state index < -0.39 is 0 Å². The fourth-order valence-corrected chi connectivity index (χ4v) is 4.46. The number of methoxy groups -OCH3 is 1. The van der Waals surface area contributed by atoms with E-state index in [0.29, 0.717) is 27.3 Å². The Morgan fingerprint density at radius 1 is 1.06 bits per heavy atom. The number of nitrogens with one attached hydrogen (secondary N) is 1. The third-order valence-electron chi connectivity index (χ3n) is 5.00. The molecule has 33 heavy (non-hydrogen) atoms. The second kappa shape index (κ2) is 10.6. The van der Waals surface area contributed by atoms with Gasteiger partial charge in [0.25, 0.3) is 5.91 Å². The number of halogens is 1. The van der Waals surface area contributed by atoms with Crippen molar-refractivity contribution in [3.05, 3.63) is 100 Å². The number of para-hydroxylation sites is 1. The van der Waals surface area contributed by atoms with Crippen LogP contribution in [-0.2, 0) is 12.3 Å². The van der Waals surface area contributed by atoms with Crippen LogP contribution in [-0.4, -0.2) is 27.8 Å². The molecule has 0 bridgehead atoms. The molecule has 6 nitrogen and oxygen atoms in total. The van der Waals surface area contributed by atoms with E-state index in [4.69, 9.17) is 16.3 Å². The summed E-state index contributed by atoms with van der Waals surface area (Å²) in [6.45, 7) is 2.28. The standard InChI is InChI=1S/C25H23ClN4O2S/c1-17-6-5-7-18(14-17)16-33-25-29-28-23(30(25)22-9-4-3-8-21(22)26)15-27-24(31)19-10-12-20(32-2)13-11-19/h3-14H,15-16H2,1-2H3,(H,27,31). The van der Waals surface area contributed by atoms with E-state index in [2.05, 4.69) is 40.6 Å². The van der Waals surface area contributed by atoms with Crippen LogP contribution in [0.15, 0.2) is 78.0 Å². The topological polar surface area (TPSA) is 69.0 Å². The Bertz CT molecular complexity index is 1260. The Labute approximate surface area is 202 Å². The minimum atomic E-state index is -0.208. The summed E-state index contributed by atoms with van der Waals surface area (Å²) in [5, 5.41) is 13.0. The number of hydrogen-bond acceptors (Lipinski definition) is 5. The molecule has 1 aromatic heterocycles. The predicted octanol–water partition coefficient (Wildman–Crippen LogP) is 5.46. The average Bonchev–Trinajstić information content (AvgIpc) is 3.24. The summed E-state index contributed by atoms with van der Waals surface area (Å²) in [6, 6.07) is 22.8. The number of amides is 1. The van der Waals surface area contributed by atoms with Crippen LogP contribution >= 0.6 is 23.4 Å². The zero-order valence-electron chi connectivity index (χ0n) is 18.3. The van der Waals surface area contributed by atoms with Crippen LogP contribution in [0.5, 0.6) is 5.75 Å². The van der Waals surface area contributed by atoms with Crippen molar-refractivity contribution in [3.63, 3.8) is 0 Å². The second-order valence-corrected chi connectivity index (χ2v) is 8.72. The molecule has 168 valence electrons. The molecule has 0 atom stereocenters. The van der Waals surface area contributed by atoms with E-state index in [9.17, 15) is 4.79 Å². The van der Waals surface area contributed by atoms with Crippen molar-refractivity contribution in [1.29, 1.82) is 0 Å². The molecule has 0 fully saturated rings. The quantitative estimate of drug-likeness (QED) is 0.340. The van der Waals surface area contributed by atoms with Crippen molar-refractivity contribution in [2.45, 2.75) is 24.4 Å². The van der Waals surface area contributed by atoms with Crippen molar-refractivity contribution in [3.8, 4) is 11.4 Å². The van der Waals surface area contributed by atoms with Crippen LogP contribution in [0.4, 0.5) is 0 Å². The van der Waals surface area contributed by atoms with Gasteiger partial charge in [-0.3, -0.25) is 9.36 Å². The molecule has 3 aromatic carbocycles. The van der Waals surface area contributed by atoms with Gasteiger partial charge in [-0.05, 0) is 48.9 Å². The first-order valence-electron chi connectivity index (χ1n) is 10.3. The van der Waals surface area contributed by atoms with Gasteiger partial charge in [-0.15, -0.1) is 10.2 Å². The fourth-order valence-electron chi connectivity index (χ4n) is 3.34. The van der Waals surface area contributed by atoms with Crippen LogP contribution in [0.3, 0.4) is 0 Å². The van der Waals surface area contributed by atoms with E-state index in [1.165, 1.54) is 11.1 Å². The second-order valence-electron chi connectivity index (χ2n) is 7.37. The largest absolute Gasteiger partial charge is 0.497 e. The molecule has 0 aliphatic rings. The normalized spacial score (nSPS) is 10.8. The highest BCUT2D eigenvalue weighted by atomic mass is 35.5. The molecule has 0 unspecified atom stereocenters. The summed E-state index contributed by atoms with van der Waals surface area (Å²) in [6.07, 6.45) is 0. The molecule has 0 spiro atoms. The summed E-state index contributed by atoms with van der Waals surface area (Å²) in [5.41, 5.74) is 3.71. The van der Waals surface area contributed by atoms with Crippen LogP contribution in [0.25, 0.3) is 5.69 Å². The van der Waals surface area contributed by atoms with E-state index in [1.54, 1.807) is 43.1 Å². The van der Waals surface area contributed by atoms with Gasteiger partial charge in [-0.25, -0.2) is 0 Å². The van der Waals surface area contributed by atoms with Gasteiger partial charge in [-0.1, -0.05) is 65.3 Å². The number of hydrogen-bond donors (Lipinski definition) is 1. The molecule has 0 aliphatic heterocycles. The van der Waals surface area contributed by atoms with Crippen molar-refractivity contribution in [1.82, 2.24) is 20.1 Å². The summed E-state index contributed by atoms with van der Waals surface area (Å²) in [5.74, 6) is 1.82. The highest BCUT2D eigenvalue weighted by Gasteiger charge is 2.18. The average molecular weight is 479 g/mol. The molecule has 0 saturated heterocycles. The lowest BCUT2D eigenvalue weighted by atomic mass is 10.2. The van der Waals surface area contributed by atoms with Crippen LogP contribution < -0.4 is 10.1 Å². The van der Waals surface area contributed by atoms with E-state index in [-0.39, 0.29) is 12.5 Å². The maximum atomic E-state index is 12.6. The van der Waals surface area contributed by atoms with Gasteiger partial charge in [0.05, 0.1) is 24.4 Å². The predicted molar refractivity (Wildman–Crippen MR) is 131 cm³/mol. The molecule has 4 aromatic rings. The third-order valence-corrected chi connectivity index (χ3v) is 6.32. The van der Waals surface area contributed by atoms with Crippen molar-refractivity contribution in [2.24, 2.45) is 0 Å². The Morgan fingerprint density at radius 3 is 2.58 bits per heavy atom. The molecule has 1 N–H and O–H groups in total. The number of carbonyl (C=O) groups excluding carboxylic acids is 1. The minimum Gasteiger partial charge on any atom is -0.497 e. The molecule has 0 saturated carbocycles. The van der Waals surface area contributed by atoms with Gasteiger partial charge < -0.3 is 10.1 Å². The minimum absolute atomic E-state index is 0.202. The van der Waals surface area contributed by atoms with Gasteiger partial charge >= 0.3 is 0 Å². The van der Waals surface area contributed by atoms with Gasteiger partial charge in [0.2, 0.25) is 0 Å². The molecule has 8 heteroatoms. The number of ether oxygens (including phenoxy) is 1. The maximum Gasteiger partial charge on any atom is 0.251 e. The summed E-state index contributed by atoms with van der Waals surface area (Å²) >= 11 is 8.07. The number of thioether (sulfide) groups is 1. The van der Waals surface area contributed by atoms with Crippen LogP contribution in [0.1, 0.15) is 27.3 Å². The van der Waals surface area contributed by atoms with Gasteiger partial charge in [-0.2, -0.15) is 0 Å². The Hall–Kier alpha value is -3.29. The van der Waals surface area contributed by atoms with E-state index in [1.807, 2.05) is 34.9 Å². The Kier molecular flexibility index (Phi) is 7.32. The summed E-state index contributed by atoms with van der Waals surface area (Å²) in [7, 11) is 1.59. The zero-order valence-corrected chi connectivity index (χ0v) is 19.9. The zero-order chi connectivity index (χ0) is 23.2. The van der Waals surface area contributed by atoms with Gasteiger partial charge in [0.15, 0.2) is 11.0 Å². The monoisotopic (exact) mass is 478 g/mol. The number of rotatable bonds is 8. The lowest BCUT2D eigenvalue weighted by molar-refractivity contribution is 0.0949. The molecule has 1 amide bonds. The highest BCUT2D eigenvalue weighted by molar-refractivity contribution is 7.98. The first kappa shape index (κ1) is 22.9. The molecule has 0 radical (unpaired) electrons. The highest BCUT2D eigenvalue weighted by Crippen LogP contribution is 2.29. The molecular formula is C25H23ClN4O2S. The van der Waals surface area contributed by atoms with E-state index >= 15 is 0 Å².